The number of carbonyl (C=O) groups is 2. The number of thiazole rings is 1. The highest BCUT2D eigenvalue weighted by molar-refractivity contribution is 7.89. The molecule has 208 valence electrons. The second-order valence-corrected chi connectivity index (χ2v) is 11.7. The number of amides is 1. The third-order valence-electron chi connectivity index (χ3n) is 6.02. The second-order valence-electron chi connectivity index (χ2n) is 8.85. The number of benzene rings is 1. The van der Waals surface area contributed by atoms with Crippen LogP contribution in [0.2, 0.25) is 0 Å². The lowest BCUT2D eigenvalue weighted by molar-refractivity contribution is -0.118. The quantitative estimate of drug-likeness (QED) is 0.212. The molecule has 0 aliphatic carbocycles. The number of aromatic nitrogens is 3. The molecule has 0 spiro atoms. The van der Waals surface area contributed by atoms with Gasteiger partial charge in [-0.2, -0.15) is 9.97 Å². The Morgan fingerprint density at radius 2 is 1.87 bits per heavy atom. The van der Waals surface area contributed by atoms with Crippen LogP contribution in [0.25, 0.3) is 0 Å². The smallest absolute Gasteiger partial charge is 0.347 e. The van der Waals surface area contributed by atoms with Gasteiger partial charge in [0.05, 0.1) is 10.6 Å². The maximum Gasteiger partial charge on any atom is 0.347 e. The molecule has 1 aromatic carbocycles. The van der Waals surface area contributed by atoms with Crippen molar-refractivity contribution >= 4 is 56.0 Å². The van der Waals surface area contributed by atoms with Crippen molar-refractivity contribution in [2.45, 2.75) is 38.1 Å². The Bertz CT molecular complexity index is 1470. The summed E-state index contributed by atoms with van der Waals surface area (Å²) in [5.74, 6) is 0.393. The van der Waals surface area contributed by atoms with Crippen LogP contribution in [0.5, 0.6) is 0 Å². The largest absolute Gasteiger partial charge is 0.477 e. The number of anilines is 4. The van der Waals surface area contributed by atoms with Gasteiger partial charge in [-0.15, -0.1) is 0 Å². The molecule has 1 amide bonds. The molecule has 0 saturated heterocycles. The van der Waals surface area contributed by atoms with Crippen LogP contribution >= 0.6 is 11.3 Å². The number of carboxylic acid groups (broad SMARTS) is 1. The number of rotatable bonds is 11. The molecule has 1 aliphatic rings. The number of aryl methyl sites for hydroxylation is 1. The van der Waals surface area contributed by atoms with Gasteiger partial charge in [-0.1, -0.05) is 23.5 Å². The van der Waals surface area contributed by atoms with E-state index in [9.17, 15) is 23.1 Å². The minimum absolute atomic E-state index is 0.128. The maximum absolute atomic E-state index is 12.1. The molecular weight excluding hydrogens is 544 g/mol. The standard InChI is InChI=1S/C24H30N8O5S2/c1-14-19(22(34)35)38-24(28-14)31-23-29-20(27-11-10-26-15(2)33)18-5-4-12-32(21(18)30-23)13-16-6-8-17(9-7-16)39(36,37)25-3/h6-9,25H,4-5,10-13H2,1-3H3,(H,26,33)(H,34,35)(H2,27,28,29,30,31). The molecule has 3 aromatic rings. The van der Waals surface area contributed by atoms with Crippen molar-refractivity contribution in [3.05, 3.63) is 46.0 Å². The van der Waals surface area contributed by atoms with Gasteiger partial charge in [0.25, 0.3) is 0 Å². The van der Waals surface area contributed by atoms with Crippen LogP contribution in [-0.4, -0.2) is 67.0 Å². The maximum atomic E-state index is 12.1. The van der Waals surface area contributed by atoms with E-state index in [0.717, 1.165) is 41.9 Å². The summed E-state index contributed by atoms with van der Waals surface area (Å²) in [6.45, 7) is 5.16. The summed E-state index contributed by atoms with van der Waals surface area (Å²) in [6, 6.07) is 6.69. The summed E-state index contributed by atoms with van der Waals surface area (Å²) in [5, 5.41) is 18.8. The first kappa shape index (κ1) is 28.2. The number of aromatic carboxylic acids is 1. The molecule has 0 bridgehead atoms. The van der Waals surface area contributed by atoms with E-state index in [0.29, 0.717) is 42.1 Å². The van der Waals surface area contributed by atoms with Gasteiger partial charge in [0.2, 0.25) is 21.9 Å². The number of nitrogens with one attached hydrogen (secondary N) is 4. The zero-order valence-electron chi connectivity index (χ0n) is 21.7. The number of fused-ring (bicyclic) bond motifs is 1. The van der Waals surface area contributed by atoms with E-state index in [1.54, 1.807) is 31.2 Å². The molecule has 0 fully saturated rings. The number of sulfonamides is 1. The van der Waals surface area contributed by atoms with E-state index in [-0.39, 0.29) is 21.6 Å². The summed E-state index contributed by atoms with van der Waals surface area (Å²) in [6.07, 6.45) is 1.61. The highest BCUT2D eigenvalue weighted by Crippen LogP contribution is 2.34. The van der Waals surface area contributed by atoms with Crippen LogP contribution in [0, 0.1) is 6.92 Å². The number of hydrogen-bond donors (Lipinski definition) is 5. The molecule has 2 aromatic heterocycles. The van der Waals surface area contributed by atoms with E-state index in [2.05, 4.69) is 35.5 Å². The Morgan fingerprint density at radius 1 is 1.13 bits per heavy atom. The number of nitrogens with zero attached hydrogens (tertiary/aromatic N) is 4. The minimum Gasteiger partial charge on any atom is -0.477 e. The predicted molar refractivity (Wildman–Crippen MR) is 148 cm³/mol. The lowest BCUT2D eigenvalue weighted by atomic mass is 10.0. The predicted octanol–water partition coefficient (Wildman–Crippen LogP) is 2.09. The summed E-state index contributed by atoms with van der Waals surface area (Å²) >= 11 is 1.00. The van der Waals surface area contributed by atoms with Crippen molar-refractivity contribution in [3.63, 3.8) is 0 Å². The van der Waals surface area contributed by atoms with Gasteiger partial charge in [-0.25, -0.2) is 22.9 Å². The highest BCUT2D eigenvalue weighted by atomic mass is 32.2. The van der Waals surface area contributed by atoms with E-state index in [1.165, 1.54) is 14.0 Å². The van der Waals surface area contributed by atoms with Crippen LogP contribution in [0.15, 0.2) is 29.2 Å². The van der Waals surface area contributed by atoms with Crippen molar-refractivity contribution < 1.29 is 23.1 Å². The average molecular weight is 575 g/mol. The second kappa shape index (κ2) is 11.9. The first-order chi connectivity index (χ1) is 18.6. The summed E-state index contributed by atoms with van der Waals surface area (Å²) in [7, 11) is -2.16. The average Bonchev–Trinajstić information content (AvgIpc) is 3.27. The summed E-state index contributed by atoms with van der Waals surface area (Å²) in [4.78, 5) is 38.9. The number of hydrogen-bond acceptors (Lipinski definition) is 11. The molecule has 5 N–H and O–H groups in total. The molecule has 0 unspecified atom stereocenters. The van der Waals surface area contributed by atoms with Crippen LogP contribution in [0.4, 0.5) is 22.7 Å². The molecule has 0 atom stereocenters. The Morgan fingerprint density at radius 3 is 2.51 bits per heavy atom. The first-order valence-electron chi connectivity index (χ1n) is 12.2. The Hall–Kier alpha value is -3.82. The summed E-state index contributed by atoms with van der Waals surface area (Å²) < 4.78 is 26.5. The Kier molecular flexibility index (Phi) is 8.62. The van der Waals surface area contributed by atoms with Gasteiger partial charge in [0, 0.05) is 38.7 Å². The van der Waals surface area contributed by atoms with E-state index in [4.69, 9.17) is 4.98 Å². The lowest BCUT2D eigenvalue weighted by Gasteiger charge is -2.31. The molecule has 13 nitrogen and oxygen atoms in total. The van der Waals surface area contributed by atoms with Gasteiger partial charge in [0.1, 0.15) is 16.5 Å². The van der Waals surface area contributed by atoms with Gasteiger partial charge >= 0.3 is 5.97 Å². The van der Waals surface area contributed by atoms with E-state index in [1.807, 2.05) is 0 Å². The molecule has 3 heterocycles. The highest BCUT2D eigenvalue weighted by Gasteiger charge is 2.25. The number of carboxylic acids is 1. The molecule has 4 rings (SSSR count). The monoisotopic (exact) mass is 574 g/mol. The van der Waals surface area contributed by atoms with Gasteiger partial charge in [-0.3, -0.25) is 10.1 Å². The molecule has 1 aliphatic heterocycles. The third kappa shape index (κ3) is 6.79. The van der Waals surface area contributed by atoms with Crippen LogP contribution < -0.4 is 25.6 Å². The Balaban J connectivity index is 1.64. The fraction of sp³-hybridized carbons (Fsp3) is 0.375. The summed E-state index contributed by atoms with van der Waals surface area (Å²) in [5.41, 5.74) is 2.23. The minimum atomic E-state index is -3.53. The fourth-order valence-corrected chi connectivity index (χ4v) is 5.68. The van der Waals surface area contributed by atoms with Crippen LogP contribution in [0.3, 0.4) is 0 Å². The fourth-order valence-electron chi connectivity index (χ4n) is 4.15. The van der Waals surface area contributed by atoms with Crippen molar-refractivity contribution in [3.8, 4) is 0 Å². The molecule has 0 saturated carbocycles. The van der Waals surface area contributed by atoms with Crippen LogP contribution in [0.1, 0.15) is 39.8 Å². The zero-order valence-corrected chi connectivity index (χ0v) is 23.4. The van der Waals surface area contributed by atoms with E-state index >= 15 is 0 Å². The zero-order chi connectivity index (χ0) is 28.2. The first-order valence-corrected chi connectivity index (χ1v) is 14.5. The molecule has 0 radical (unpaired) electrons. The van der Waals surface area contributed by atoms with Gasteiger partial charge in [0.15, 0.2) is 5.13 Å². The van der Waals surface area contributed by atoms with Crippen molar-refractivity contribution in [2.75, 3.05) is 42.2 Å². The van der Waals surface area contributed by atoms with Crippen molar-refractivity contribution in [2.24, 2.45) is 0 Å². The lowest BCUT2D eigenvalue weighted by Crippen LogP contribution is -2.32. The topological polar surface area (TPSA) is 179 Å². The van der Waals surface area contributed by atoms with Crippen LogP contribution in [-0.2, 0) is 27.8 Å². The molecule has 39 heavy (non-hydrogen) atoms. The van der Waals surface area contributed by atoms with E-state index < -0.39 is 16.0 Å². The SMILES string of the molecule is CNS(=O)(=O)c1ccc(CN2CCCc3c(NCCNC(C)=O)nc(Nc4nc(C)c(C(=O)O)s4)nc32)cc1. The Labute approximate surface area is 230 Å². The number of carbonyl (C=O) groups excluding carboxylic acids is 1. The van der Waals surface area contributed by atoms with Crippen molar-refractivity contribution in [1.29, 1.82) is 0 Å². The molecule has 15 heteroatoms. The molecular formula is C24H30N8O5S2. The van der Waals surface area contributed by atoms with Gasteiger partial charge in [-0.05, 0) is 44.5 Å². The normalized spacial score (nSPS) is 13.1. The van der Waals surface area contributed by atoms with Crippen molar-refractivity contribution in [1.82, 2.24) is 25.0 Å². The third-order valence-corrected chi connectivity index (χ3v) is 8.51. The van der Waals surface area contributed by atoms with Gasteiger partial charge < -0.3 is 20.6 Å².